The summed E-state index contributed by atoms with van der Waals surface area (Å²) in [5.74, 6) is 0.582. The SMILES string of the molecule is COCC[C@H](C1CCOCC1)N1CC[C@@H](Cc2cn(-c3ccc(F)cc3C(=O)N(C)C(C)C)c3cncc(C)c23)C1. The lowest BCUT2D eigenvalue weighted by molar-refractivity contribution is 0.0206. The zero-order chi connectivity index (χ0) is 29.1. The van der Waals surface area contributed by atoms with Crippen molar-refractivity contribution in [2.75, 3.05) is 47.1 Å². The van der Waals surface area contributed by atoms with E-state index in [1.807, 2.05) is 30.8 Å². The number of carbonyl (C=O) groups is 1. The van der Waals surface area contributed by atoms with Gasteiger partial charge >= 0.3 is 0 Å². The average Bonchev–Trinajstić information content (AvgIpc) is 3.58. The maximum atomic E-state index is 14.4. The Hall–Kier alpha value is -2.81. The molecule has 0 unspecified atom stereocenters. The first kappa shape index (κ1) is 29.7. The van der Waals surface area contributed by atoms with Gasteiger partial charge in [-0.25, -0.2) is 4.39 Å². The van der Waals surface area contributed by atoms with Crippen LogP contribution in [0.3, 0.4) is 0 Å². The van der Waals surface area contributed by atoms with Crippen LogP contribution in [0.1, 0.15) is 61.0 Å². The van der Waals surface area contributed by atoms with Gasteiger partial charge in [0.05, 0.1) is 23.0 Å². The molecule has 0 bridgehead atoms. The van der Waals surface area contributed by atoms with Gasteiger partial charge in [0.15, 0.2) is 0 Å². The first-order chi connectivity index (χ1) is 19.8. The molecule has 5 rings (SSSR count). The Morgan fingerprint density at radius 3 is 2.73 bits per heavy atom. The highest BCUT2D eigenvalue weighted by Crippen LogP contribution is 2.35. The molecule has 1 aromatic carbocycles. The highest BCUT2D eigenvalue weighted by molar-refractivity contribution is 5.99. The summed E-state index contributed by atoms with van der Waals surface area (Å²) < 4.78 is 27.6. The fourth-order valence-corrected chi connectivity index (χ4v) is 6.81. The van der Waals surface area contributed by atoms with Crippen LogP contribution in [0, 0.1) is 24.6 Å². The number of carbonyl (C=O) groups excluding carboxylic acids is 1. The van der Waals surface area contributed by atoms with Crippen molar-refractivity contribution in [3.05, 3.63) is 59.3 Å². The number of fused-ring (bicyclic) bond motifs is 1. The Labute approximate surface area is 243 Å². The third kappa shape index (κ3) is 6.35. The van der Waals surface area contributed by atoms with Gasteiger partial charge in [-0.3, -0.25) is 14.7 Å². The van der Waals surface area contributed by atoms with E-state index in [2.05, 4.69) is 23.0 Å². The number of ether oxygens (including phenoxy) is 2. The van der Waals surface area contributed by atoms with Crippen molar-refractivity contribution in [3.63, 3.8) is 0 Å². The zero-order valence-electron chi connectivity index (χ0n) is 25.2. The smallest absolute Gasteiger partial charge is 0.256 e. The quantitative estimate of drug-likeness (QED) is 0.319. The summed E-state index contributed by atoms with van der Waals surface area (Å²) >= 11 is 0. The van der Waals surface area contributed by atoms with E-state index in [1.54, 1.807) is 25.1 Å². The molecular weight excluding hydrogens is 519 g/mol. The Morgan fingerprint density at radius 2 is 2.00 bits per heavy atom. The number of hydrogen-bond donors (Lipinski definition) is 0. The molecule has 222 valence electrons. The minimum atomic E-state index is -0.418. The van der Waals surface area contributed by atoms with Crippen LogP contribution >= 0.6 is 0 Å². The van der Waals surface area contributed by atoms with Crippen LogP contribution in [0.5, 0.6) is 0 Å². The molecule has 0 N–H and O–H groups in total. The number of amides is 1. The van der Waals surface area contributed by atoms with Crippen molar-refractivity contribution in [1.29, 1.82) is 0 Å². The van der Waals surface area contributed by atoms with E-state index in [0.717, 1.165) is 76.1 Å². The molecule has 2 aliphatic heterocycles. The summed E-state index contributed by atoms with van der Waals surface area (Å²) in [6.07, 6.45) is 11.3. The van der Waals surface area contributed by atoms with Crippen molar-refractivity contribution < 1.29 is 18.7 Å². The summed E-state index contributed by atoms with van der Waals surface area (Å²) in [5, 5.41) is 1.18. The number of rotatable bonds is 10. The zero-order valence-corrected chi connectivity index (χ0v) is 25.2. The van der Waals surface area contributed by atoms with E-state index in [1.165, 1.54) is 23.1 Å². The van der Waals surface area contributed by atoms with Gasteiger partial charge in [0.25, 0.3) is 5.91 Å². The lowest BCUT2D eigenvalue weighted by atomic mass is 9.88. The predicted molar refractivity (Wildman–Crippen MR) is 160 cm³/mol. The third-order valence-electron chi connectivity index (χ3n) is 9.25. The van der Waals surface area contributed by atoms with Crippen molar-refractivity contribution in [2.45, 2.75) is 65.0 Å². The molecule has 0 saturated carbocycles. The molecule has 3 aromatic rings. The molecule has 7 nitrogen and oxygen atoms in total. The second-order valence-electron chi connectivity index (χ2n) is 12.2. The van der Waals surface area contributed by atoms with Crippen LogP contribution in [-0.2, 0) is 15.9 Å². The second-order valence-corrected chi connectivity index (χ2v) is 12.2. The molecule has 2 atom stereocenters. The molecule has 1 amide bonds. The molecule has 2 fully saturated rings. The lowest BCUT2D eigenvalue weighted by Crippen LogP contribution is -2.42. The minimum Gasteiger partial charge on any atom is -0.385 e. The van der Waals surface area contributed by atoms with Gasteiger partial charge in [-0.2, -0.15) is 0 Å². The molecule has 8 heteroatoms. The van der Waals surface area contributed by atoms with Gasteiger partial charge in [-0.1, -0.05) is 0 Å². The number of methoxy groups -OCH3 is 1. The largest absolute Gasteiger partial charge is 0.385 e. The van der Waals surface area contributed by atoms with Gasteiger partial charge < -0.3 is 18.9 Å². The Bertz CT molecular complexity index is 1350. The summed E-state index contributed by atoms with van der Waals surface area (Å²) in [6.45, 7) is 10.7. The van der Waals surface area contributed by atoms with Gasteiger partial charge in [0.2, 0.25) is 0 Å². The first-order valence-corrected chi connectivity index (χ1v) is 15.1. The summed E-state index contributed by atoms with van der Waals surface area (Å²) in [5.41, 5.74) is 4.35. The molecule has 41 heavy (non-hydrogen) atoms. The highest BCUT2D eigenvalue weighted by Gasteiger charge is 2.34. The van der Waals surface area contributed by atoms with Crippen molar-refractivity contribution in [2.24, 2.45) is 11.8 Å². The number of hydrogen-bond acceptors (Lipinski definition) is 5. The molecule has 0 radical (unpaired) electrons. The van der Waals surface area contributed by atoms with Crippen molar-refractivity contribution in [1.82, 2.24) is 19.4 Å². The molecule has 0 spiro atoms. The van der Waals surface area contributed by atoms with E-state index in [0.29, 0.717) is 29.1 Å². The van der Waals surface area contributed by atoms with Gasteiger partial charge in [0, 0.05) is 70.4 Å². The monoisotopic (exact) mass is 564 g/mol. The standard InChI is InChI=1S/C33H45FN4O3/c1-22(2)36(4)33(39)28-17-27(34)6-7-30(28)38-21-26(32-23(3)18-35-19-31(32)38)16-24-8-12-37(20-24)29(11-13-40-5)25-9-14-41-15-10-25/h6-7,17-19,21-22,24-25,29H,8-16,20H2,1-5H3/t24-,29+/m0/s1. The van der Waals surface area contributed by atoms with E-state index in [-0.39, 0.29) is 11.9 Å². The number of aryl methyl sites for hydroxylation is 1. The molecule has 4 heterocycles. The van der Waals surface area contributed by atoms with Crippen LogP contribution in [0.2, 0.25) is 0 Å². The highest BCUT2D eigenvalue weighted by atomic mass is 19.1. The van der Waals surface area contributed by atoms with Gasteiger partial charge in [0.1, 0.15) is 5.82 Å². The lowest BCUT2D eigenvalue weighted by Gasteiger charge is -2.36. The molecule has 2 aromatic heterocycles. The number of benzene rings is 1. The predicted octanol–water partition coefficient (Wildman–Crippen LogP) is 5.65. The fraction of sp³-hybridized carbons (Fsp3) is 0.576. The normalized spacial score (nSPS) is 19.3. The minimum absolute atomic E-state index is 0.00124. The van der Waals surface area contributed by atoms with Gasteiger partial charge in [-0.15, -0.1) is 0 Å². The van der Waals surface area contributed by atoms with Gasteiger partial charge in [-0.05, 0) is 101 Å². The summed E-state index contributed by atoms with van der Waals surface area (Å²) in [6, 6.07) is 5.03. The maximum Gasteiger partial charge on any atom is 0.256 e. The number of aromatic nitrogens is 2. The topological polar surface area (TPSA) is 59.8 Å². The van der Waals surface area contributed by atoms with E-state index >= 15 is 0 Å². The Morgan fingerprint density at radius 1 is 1.22 bits per heavy atom. The first-order valence-electron chi connectivity index (χ1n) is 15.1. The van der Waals surface area contributed by atoms with Crippen molar-refractivity contribution >= 4 is 16.8 Å². The molecule has 0 aliphatic carbocycles. The second kappa shape index (κ2) is 13.0. The molecular formula is C33H45FN4O3. The van der Waals surface area contributed by atoms with Crippen LogP contribution in [-0.4, -0.2) is 84.4 Å². The third-order valence-corrected chi connectivity index (χ3v) is 9.25. The maximum absolute atomic E-state index is 14.4. The van der Waals surface area contributed by atoms with E-state index in [4.69, 9.17) is 9.47 Å². The summed E-state index contributed by atoms with van der Waals surface area (Å²) in [7, 11) is 3.56. The Kier molecular flexibility index (Phi) is 9.42. The average molecular weight is 565 g/mol. The Balaban J connectivity index is 1.45. The van der Waals surface area contributed by atoms with E-state index < -0.39 is 5.82 Å². The van der Waals surface area contributed by atoms with Crippen LogP contribution < -0.4 is 0 Å². The van der Waals surface area contributed by atoms with E-state index in [9.17, 15) is 9.18 Å². The fourth-order valence-electron chi connectivity index (χ4n) is 6.81. The van der Waals surface area contributed by atoms with Crippen molar-refractivity contribution in [3.8, 4) is 5.69 Å². The number of likely N-dealkylation sites (tertiary alicyclic amines) is 1. The molecule has 2 aliphatic rings. The molecule has 2 saturated heterocycles. The van der Waals surface area contributed by atoms with Crippen LogP contribution in [0.25, 0.3) is 16.6 Å². The summed E-state index contributed by atoms with van der Waals surface area (Å²) in [4.78, 5) is 22.3. The van der Waals surface area contributed by atoms with Crippen LogP contribution in [0.15, 0.2) is 36.8 Å². The number of nitrogens with zero attached hydrogens (tertiary/aromatic N) is 4. The number of halogens is 1. The number of pyridine rings is 1. The van der Waals surface area contributed by atoms with Crippen LogP contribution in [0.4, 0.5) is 4.39 Å².